The number of urea groups is 1. The molecule has 1 fully saturated rings. The molecular weight excluding hydrogens is 432 g/mol. The lowest BCUT2D eigenvalue weighted by molar-refractivity contribution is -0.127. The fraction of sp³-hybridized carbons (Fsp3) is 0.864. The van der Waals surface area contributed by atoms with Gasteiger partial charge in [-0.05, 0) is 22.4 Å². The van der Waals surface area contributed by atoms with Crippen LogP contribution in [0.1, 0.15) is 96.8 Å². The summed E-state index contributed by atoms with van der Waals surface area (Å²) in [4.78, 5) is 31.9. The molecule has 0 aromatic rings. The fourth-order valence-electron chi connectivity index (χ4n) is 4.20. The number of hydrogen-bond donors (Lipinski definition) is 1. The van der Waals surface area contributed by atoms with Crippen LogP contribution >= 0.6 is 15.9 Å². The highest BCUT2D eigenvalue weighted by atomic mass is 79.9. The SMILES string of the molecule is CCCCCCCCCCCCCCCCN1C(Br)=NC2C1C(=O)NC(=O)N2C. The molecule has 6 nitrogen and oxygen atoms in total. The molecule has 29 heavy (non-hydrogen) atoms. The summed E-state index contributed by atoms with van der Waals surface area (Å²) in [5.74, 6) is -0.248. The van der Waals surface area contributed by atoms with Crippen molar-refractivity contribution in [3.8, 4) is 0 Å². The van der Waals surface area contributed by atoms with Crippen molar-refractivity contribution in [1.82, 2.24) is 15.1 Å². The van der Waals surface area contributed by atoms with Crippen LogP contribution in [0.15, 0.2) is 4.99 Å². The molecule has 0 aromatic carbocycles. The van der Waals surface area contributed by atoms with Gasteiger partial charge in [-0.1, -0.05) is 90.4 Å². The smallest absolute Gasteiger partial charge is 0.325 e. The van der Waals surface area contributed by atoms with Crippen LogP contribution < -0.4 is 5.32 Å². The van der Waals surface area contributed by atoms with Crippen molar-refractivity contribution in [3.05, 3.63) is 0 Å². The molecule has 2 unspecified atom stereocenters. The van der Waals surface area contributed by atoms with E-state index in [9.17, 15) is 9.59 Å². The van der Waals surface area contributed by atoms with Gasteiger partial charge in [0.25, 0.3) is 5.91 Å². The van der Waals surface area contributed by atoms with Crippen LogP contribution in [0.25, 0.3) is 0 Å². The summed E-state index contributed by atoms with van der Waals surface area (Å²) in [5.41, 5.74) is 0. The fourth-order valence-corrected chi connectivity index (χ4v) is 4.81. The number of fused-ring (bicyclic) bond motifs is 1. The zero-order chi connectivity index (χ0) is 21.1. The number of imide groups is 1. The molecule has 2 rings (SSSR count). The summed E-state index contributed by atoms with van der Waals surface area (Å²) >= 11 is 3.47. The molecule has 0 saturated carbocycles. The zero-order valence-electron chi connectivity index (χ0n) is 18.3. The van der Waals surface area contributed by atoms with E-state index in [2.05, 4.69) is 33.2 Å². The minimum absolute atomic E-state index is 0.248. The number of amidine groups is 1. The molecule has 2 atom stereocenters. The lowest BCUT2D eigenvalue weighted by Crippen LogP contribution is -2.63. The second-order valence-corrected chi connectivity index (χ2v) is 9.16. The van der Waals surface area contributed by atoms with Crippen molar-refractivity contribution in [2.24, 2.45) is 4.99 Å². The second kappa shape index (κ2) is 13.2. The van der Waals surface area contributed by atoms with E-state index in [-0.39, 0.29) is 11.9 Å². The summed E-state index contributed by atoms with van der Waals surface area (Å²) in [6.07, 6.45) is 18.2. The van der Waals surface area contributed by atoms with Gasteiger partial charge in [0.1, 0.15) is 0 Å². The number of hydrogen-bond acceptors (Lipinski definition) is 4. The Morgan fingerprint density at radius 2 is 1.34 bits per heavy atom. The molecule has 0 radical (unpaired) electrons. The Bertz CT molecular complexity index is 555. The highest BCUT2D eigenvalue weighted by Crippen LogP contribution is 2.26. The summed E-state index contributed by atoms with van der Waals surface area (Å²) in [6.45, 7) is 3.06. The Kier molecular flexibility index (Phi) is 11.0. The number of carbonyl (C=O) groups excluding carboxylic acids is 2. The van der Waals surface area contributed by atoms with E-state index in [1.807, 2.05) is 4.90 Å². The topological polar surface area (TPSA) is 65.0 Å². The van der Waals surface area contributed by atoms with E-state index in [0.717, 1.165) is 13.0 Å². The van der Waals surface area contributed by atoms with Gasteiger partial charge >= 0.3 is 6.03 Å². The van der Waals surface area contributed by atoms with Crippen LogP contribution in [0, 0.1) is 0 Å². The average Bonchev–Trinajstić information content (AvgIpc) is 3.03. The second-order valence-electron chi connectivity index (χ2n) is 8.45. The molecule has 0 bridgehead atoms. The number of halogens is 1. The van der Waals surface area contributed by atoms with E-state index in [1.165, 1.54) is 88.4 Å². The lowest BCUT2D eigenvalue weighted by Gasteiger charge is -2.35. The third-order valence-electron chi connectivity index (χ3n) is 6.06. The van der Waals surface area contributed by atoms with Crippen LogP contribution in [0.4, 0.5) is 4.79 Å². The zero-order valence-corrected chi connectivity index (χ0v) is 19.9. The number of aliphatic imine (C=N–C) groups is 1. The standard InChI is InChI=1S/C22H39BrN4O2/c1-3-4-5-6-7-8-9-10-11-12-13-14-15-16-17-27-18-19(24-21(27)23)26(2)22(29)25-20(18)28/h18-19H,3-17H2,1-2H3,(H,25,28,29). The molecule has 2 aliphatic heterocycles. The molecular formula is C22H39BrN4O2. The third-order valence-corrected chi connectivity index (χ3v) is 6.72. The maximum absolute atomic E-state index is 12.2. The minimum atomic E-state index is -0.419. The monoisotopic (exact) mass is 470 g/mol. The number of nitrogens with zero attached hydrogens (tertiary/aromatic N) is 3. The predicted octanol–water partition coefficient (Wildman–Crippen LogP) is 5.41. The van der Waals surface area contributed by atoms with Gasteiger partial charge in [0, 0.05) is 13.6 Å². The van der Waals surface area contributed by atoms with Crippen molar-refractivity contribution in [1.29, 1.82) is 0 Å². The number of carbonyl (C=O) groups is 2. The molecule has 2 heterocycles. The normalized spacial score (nSPS) is 21.4. The van der Waals surface area contributed by atoms with E-state index in [0.29, 0.717) is 4.74 Å². The van der Waals surface area contributed by atoms with Crippen LogP contribution in [0.5, 0.6) is 0 Å². The Hall–Kier alpha value is -1.11. The average molecular weight is 471 g/mol. The maximum atomic E-state index is 12.2. The minimum Gasteiger partial charge on any atom is -0.335 e. The Labute approximate surface area is 185 Å². The Morgan fingerprint density at radius 1 is 0.862 bits per heavy atom. The first-order valence-electron chi connectivity index (χ1n) is 11.6. The summed E-state index contributed by atoms with van der Waals surface area (Å²) in [6, 6.07) is -0.785. The van der Waals surface area contributed by atoms with Crippen molar-refractivity contribution in [2.45, 2.75) is 109 Å². The van der Waals surface area contributed by atoms with E-state index in [1.54, 1.807) is 7.05 Å². The largest absolute Gasteiger partial charge is 0.335 e. The first-order valence-corrected chi connectivity index (χ1v) is 12.4. The van der Waals surface area contributed by atoms with Crippen LogP contribution in [0.2, 0.25) is 0 Å². The van der Waals surface area contributed by atoms with Crippen LogP contribution in [0.3, 0.4) is 0 Å². The number of likely N-dealkylation sites (N-methyl/N-ethyl adjacent to an activating group) is 1. The van der Waals surface area contributed by atoms with E-state index in [4.69, 9.17) is 0 Å². The number of amides is 3. The molecule has 7 heteroatoms. The lowest BCUT2D eigenvalue weighted by atomic mass is 10.0. The molecule has 0 aromatic heterocycles. The van der Waals surface area contributed by atoms with Crippen molar-refractivity contribution < 1.29 is 9.59 Å². The third kappa shape index (κ3) is 7.58. The molecule has 3 amide bonds. The molecule has 2 aliphatic rings. The van der Waals surface area contributed by atoms with Gasteiger partial charge < -0.3 is 9.80 Å². The van der Waals surface area contributed by atoms with Gasteiger partial charge in [-0.15, -0.1) is 0 Å². The number of unbranched alkanes of at least 4 members (excludes halogenated alkanes) is 13. The van der Waals surface area contributed by atoms with Gasteiger partial charge in [-0.2, -0.15) is 0 Å². The van der Waals surface area contributed by atoms with Gasteiger partial charge in [0.2, 0.25) is 0 Å². The van der Waals surface area contributed by atoms with Gasteiger partial charge in [0.15, 0.2) is 17.0 Å². The Morgan fingerprint density at radius 3 is 1.86 bits per heavy atom. The summed E-state index contributed by atoms with van der Waals surface area (Å²) in [5, 5.41) is 2.41. The first kappa shape index (κ1) is 24.2. The van der Waals surface area contributed by atoms with Gasteiger partial charge in [-0.3, -0.25) is 10.1 Å². The van der Waals surface area contributed by atoms with E-state index >= 15 is 0 Å². The predicted molar refractivity (Wildman–Crippen MR) is 122 cm³/mol. The Balaban J connectivity index is 1.48. The molecule has 1 saturated heterocycles. The first-order chi connectivity index (χ1) is 14.1. The highest BCUT2D eigenvalue weighted by Gasteiger charge is 2.47. The van der Waals surface area contributed by atoms with Crippen LogP contribution in [-0.2, 0) is 4.79 Å². The number of rotatable bonds is 15. The van der Waals surface area contributed by atoms with E-state index < -0.39 is 12.2 Å². The maximum Gasteiger partial charge on any atom is 0.325 e. The quantitative estimate of drug-likeness (QED) is 0.257. The molecule has 1 N–H and O–H groups in total. The highest BCUT2D eigenvalue weighted by molar-refractivity contribution is 9.18. The summed E-state index contributed by atoms with van der Waals surface area (Å²) in [7, 11) is 1.68. The molecule has 166 valence electrons. The van der Waals surface area contributed by atoms with Crippen LogP contribution in [-0.4, -0.2) is 52.3 Å². The number of nitrogens with one attached hydrogen (secondary N) is 1. The molecule has 0 spiro atoms. The van der Waals surface area contributed by atoms with Gasteiger partial charge in [0.05, 0.1) is 0 Å². The molecule has 0 aliphatic carbocycles. The summed E-state index contributed by atoms with van der Waals surface area (Å²) < 4.78 is 0.680. The van der Waals surface area contributed by atoms with Crippen molar-refractivity contribution in [2.75, 3.05) is 13.6 Å². The van der Waals surface area contributed by atoms with Crippen molar-refractivity contribution in [3.63, 3.8) is 0 Å². The van der Waals surface area contributed by atoms with Crippen molar-refractivity contribution >= 4 is 32.6 Å². The van der Waals surface area contributed by atoms with Gasteiger partial charge in [-0.25, -0.2) is 9.79 Å².